The van der Waals surface area contributed by atoms with E-state index in [1.165, 1.54) is 0 Å². The summed E-state index contributed by atoms with van der Waals surface area (Å²) in [7, 11) is 0. The number of hydrogen-bond donors (Lipinski definition) is 2. The van der Waals surface area contributed by atoms with Crippen molar-refractivity contribution in [3.63, 3.8) is 0 Å². The molecule has 2 N–H and O–H groups in total. The van der Waals surface area contributed by atoms with Gasteiger partial charge in [-0.2, -0.15) is 0 Å². The van der Waals surface area contributed by atoms with Gasteiger partial charge in [0.25, 0.3) is 0 Å². The molecule has 0 atom stereocenters. The van der Waals surface area contributed by atoms with Crippen molar-refractivity contribution in [2.75, 3.05) is 6.54 Å². The van der Waals surface area contributed by atoms with Gasteiger partial charge >= 0.3 is 12.0 Å². The second-order valence-electron chi connectivity index (χ2n) is 6.05. The van der Waals surface area contributed by atoms with Crippen LogP contribution in [-0.4, -0.2) is 34.1 Å². The predicted molar refractivity (Wildman–Crippen MR) is 82.1 cm³/mol. The average Bonchev–Trinajstić information content (AvgIpc) is 2.36. The van der Waals surface area contributed by atoms with E-state index < -0.39 is 11.5 Å². The van der Waals surface area contributed by atoms with Gasteiger partial charge in [-0.1, -0.05) is 24.3 Å². The van der Waals surface area contributed by atoms with Crippen LogP contribution in [0.4, 0.5) is 4.79 Å². The van der Waals surface area contributed by atoms with Crippen LogP contribution in [0.1, 0.15) is 38.3 Å². The molecule has 0 aromatic heterocycles. The molecule has 5 nitrogen and oxygen atoms in total. The smallest absolute Gasteiger partial charge is 0.318 e. The van der Waals surface area contributed by atoms with Crippen LogP contribution in [0.5, 0.6) is 0 Å². The van der Waals surface area contributed by atoms with E-state index in [0.29, 0.717) is 6.54 Å². The van der Waals surface area contributed by atoms with Crippen molar-refractivity contribution in [2.45, 2.75) is 46.2 Å². The van der Waals surface area contributed by atoms with Crippen molar-refractivity contribution >= 4 is 12.0 Å². The standard InChI is InChI=1S/C16H24N2O3/c1-12-7-5-6-8-13(12)11-17-15(21)18(16(2,3)4)10-9-14(19)20/h5-8H,9-11H2,1-4H3,(H,17,21)(H,19,20). The summed E-state index contributed by atoms with van der Waals surface area (Å²) in [6, 6.07) is 7.60. The number of carboxylic acid groups (broad SMARTS) is 1. The van der Waals surface area contributed by atoms with Crippen molar-refractivity contribution in [1.29, 1.82) is 0 Å². The van der Waals surface area contributed by atoms with Gasteiger partial charge in [0.05, 0.1) is 6.42 Å². The fraction of sp³-hybridized carbons (Fsp3) is 0.500. The van der Waals surface area contributed by atoms with Gasteiger partial charge in [0.15, 0.2) is 0 Å². The zero-order chi connectivity index (χ0) is 16.0. The molecule has 1 aromatic carbocycles. The summed E-state index contributed by atoms with van der Waals surface area (Å²) in [5.41, 5.74) is 1.74. The minimum atomic E-state index is -0.907. The van der Waals surface area contributed by atoms with E-state index >= 15 is 0 Å². The molecular weight excluding hydrogens is 268 g/mol. The molecule has 0 saturated carbocycles. The Morgan fingerprint density at radius 2 is 1.86 bits per heavy atom. The zero-order valence-corrected chi connectivity index (χ0v) is 13.1. The molecule has 1 rings (SSSR count). The van der Waals surface area contributed by atoms with Gasteiger partial charge < -0.3 is 15.3 Å². The lowest BCUT2D eigenvalue weighted by molar-refractivity contribution is -0.137. The lowest BCUT2D eigenvalue weighted by Crippen LogP contribution is -2.51. The third-order valence-electron chi connectivity index (χ3n) is 3.30. The second kappa shape index (κ2) is 7.11. The summed E-state index contributed by atoms with van der Waals surface area (Å²) < 4.78 is 0. The van der Waals surface area contributed by atoms with Gasteiger partial charge in [0.1, 0.15) is 0 Å². The second-order valence-corrected chi connectivity index (χ2v) is 6.05. The fourth-order valence-electron chi connectivity index (χ4n) is 2.02. The van der Waals surface area contributed by atoms with Gasteiger partial charge in [-0.15, -0.1) is 0 Å². The topological polar surface area (TPSA) is 69.6 Å². The minimum Gasteiger partial charge on any atom is -0.481 e. The highest BCUT2D eigenvalue weighted by atomic mass is 16.4. The first-order valence-corrected chi connectivity index (χ1v) is 7.03. The largest absolute Gasteiger partial charge is 0.481 e. The Kier molecular flexibility index (Phi) is 5.76. The van der Waals surface area contributed by atoms with Gasteiger partial charge in [-0.05, 0) is 38.8 Å². The van der Waals surface area contributed by atoms with E-state index in [2.05, 4.69) is 5.32 Å². The van der Waals surface area contributed by atoms with Gasteiger partial charge in [-0.3, -0.25) is 4.79 Å². The number of aryl methyl sites for hydroxylation is 1. The van der Waals surface area contributed by atoms with Crippen LogP contribution in [-0.2, 0) is 11.3 Å². The maximum atomic E-state index is 12.3. The molecular formula is C16H24N2O3. The van der Waals surface area contributed by atoms with Crippen LogP contribution in [0.15, 0.2) is 24.3 Å². The number of amides is 2. The first-order chi connectivity index (χ1) is 9.71. The quantitative estimate of drug-likeness (QED) is 0.876. The maximum absolute atomic E-state index is 12.3. The van der Waals surface area contributed by atoms with E-state index in [4.69, 9.17) is 5.11 Å². The molecule has 0 saturated heterocycles. The van der Waals surface area contributed by atoms with Crippen LogP contribution in [0, 0.1) is 6.92 Å². The number of nitrogens with one attached hydrogen (secondary N) is 1. The monoisotopic (exact) mass is 292 g/mol. The highest BCUT2D eigenvalue weighted by Crippen LogP contribution is 2.14. The van der Waals surface area contributed by atoms with Crippen molar-refractivity contribution < 1.29 is 14.7 Å². The van der Waals surface area contributed by atoms with E-state index in [-0.39, 0.29) is 19.0 Å². The summed E-state index contributed by atoms with van der Waals surface area (Å²) in [6.07, 6.45) is -0.0605. The molecule has 21 heavy (non-hydrogen) atoms. The Bertz CT molecular complexity index is 506. The number of urea groups is 1. The molecule has 0 aliphatic rings. The molecule has 0 aliphatic carbocycles. The lowest BCUT2D eigenvalue weighted by Gasteiger charge is -2.35. The summed E-state index contributed by atoms with van der Waals surface area (Å²) in [5, 5.41) is 11.7. The third kappa shape index (κ3) is 5.45. The Morgan fingerprint density at radius 1 is 1.24 bits per heavy atom. The zero-order valence-electron chi connectivity index (χ0n) is 13.1. The van der Waals surface area contributed by atoms with Gasteiger partial charge in [0, 0.05) is 18.6 Å². The van der Waals surface area contributed by atoms with E-state index in [1.54, 1.807) is 4.90 Å². The van der Waals surface area contributed by atoms with Gasteiger partial charge in [0.2, 0.25) is 0 Å². The van der Waals surface area contributed by atoms with Crippen LogP contribution < -0.4 is 5.32 Å². The van der Waals surface area contributed by atoms with Crippen LogP contribution in [0.2, 0.25) is 0 Å². The summed E-state index contributed by atoms with van der Waals surface area (Å²) in [4.78, 5) is 24.6. The number of hydrogen-bond acceptors (Lipinski definition) is 2. The average molecular weight is 292 g/mol. The lowest BCUT2D eigenvalue weighted by atomic mass is 10.1. The van der Waals surface area contributed by atoms with Crippen molar-refractivity contribution in [2.24, 2.45) is 0 Å². The van der Waals surface area contributed by atoms with Crippen LogP contribution >= 0.6 is 0 Å². The van der Waals surface area contributed by atoms with Crippen molar-refractivity contribution in [3.8, 4) is 0 Å². The molecule has 2 amide bonds. The fourth-order valence-corrected chi connectivity index (χ4v) is 2.02. The van der Waals surface area contributed by atoms with E-state index in [9.17, 15) is 9.59 Å². The molecule has 0 unspecified atom stereocenters. The number of carbonyl (C=O) groups is 2. The minimum absolute atomic E-state index is 0.0605. The van der Waals surface area contributed by atoms with Crippen LogP contribution in [0.3, 0.4) is 0 Å². The predicted octanol–water partition coefficient (Wildman–Crippen LogP) is 2.78. The Labute approximate surface area is 126 Å². The van der Waals surface area contributed by atoms with E-state index in [1.807, 2.05) is 52.0 Å². The molecule has 0 heterocycles. The molecule has 116 valence electrons. The summed E-state index contributed by atoms with van der Waals surface area (Å²) >= 11 is 0. The normalized spacial score (nSPS) is 11.0. The Balaban J connectivity index is 2.69. The number of carbonyl (C=O) groups excluding carboxylic acids is 1. The Hall–Kier alpha value is -2.04. The van der Waals surface area contributed by atoms with Crippen molar-refractivity contribution in [1.82, 2.24) is 10.2 Å². The van der Waals surface area contributed by atoms with Gasteiger partial charge in [-0.25, -0.2) is 4.79 Å². The highest BCUT2D eigenvalue weighted by molar-refractivity contribution is 5.76. The molecule has 0 fully saturated rings. The molecule has 0 bridgehead atoms. The SMILES string of the molecule is Cc1ccccc1CNC(=O)N(CCC(=O)O)C(C)(C)C. The molecule has 0 spiro atoms. The number of benzene rings is 1. The summed E-state index contributed by atoms with van der Waals surface area (Å²) in [6.45, 7) is 8.30. The van der Waals surface area contributed by atoms with Crippen molar-refractivity contribution in [3.05, 3.63) is 35.4 Å². The molecule has 5 heteroatoms. The number of nitrogens with zero attached hydrogens (tertiary/aromatic N) is 1. The number of aliphatic carboxylic acids is 1. The third-order valence-corrected chi connectivity index (χ3v) is 3.30. The van der Waals surface area contributed by atoms with Crippen LogP contribution in [0.25, 0.3) is 0 Å². The molecule has 0 radical (unpaired) electrons. The number of rotatable bonds is 5. The summed E-state index contributed by atoms with van der Waals surface area (Å²) in [5.74, 6) is -0.907. The molecule has 0 aliphatic heterocycles. The number of carboxylic acids is 1. The maximum Gasteiger partial charge on any atom is 0.318 e. The van der Waals surface area contributed by atoms with E-state index in [0.717, 1.165) is 11.1 Å². The molecule has 1 aromatic rings. The highest BCUT2D eigenvalue weighted by Gasteiger charge is 2.26. The first kappa shape index (κ1) is 17.0. The first-order valence-electron chi connectivity index (χ1n) is 7.03. The Morgan fingerprint density at radius 3 is 2.38 bits per heavy atom.